The van der Waals surface area contributed by atoms with Crippen LogP contribution in [0.15, 0.2) is 24.3 Å². The normalized spacial score (nSPS) is 10.2. The molecule has 2 rings (SSSR count). The van der Waals surface area contributed by atoms with Crippen LogP contribution in [0.3, 0.4) is 0 Å². The number of anilines is 1. The zero-order chi connectivity index (χ0) is 15.4. The zero-order valence-corrected chi connectivity index (χ0v) is 12.9. The Morgan fingerprint density at radius 1 is 1.24 bits per heavy atom. The molecule has 6 heteroatoms. The van der Waals surface area contributed by atoms with Gasteiger partial charge in [-0.2, -0.15) is 0 Å². The van der Waals surface area contributed by atoms with Crippen molar-refractivity contribution in [1.29, 1.82) is 0 Å². The van der Waals surface area contributed by atoms with Gasteiger partial charge in [-0.1, -0.05) is 0 Å². The summed E-state index contributed by atoms with van der Waals surface area (Å²) in [5.74, 6) is 0.273. The molecule has 0 saturated heterocycles. The third-order valence-corrected chi connectivity index (χ3v) is 3.89. The maximum Gasteiger partial charge on any atom is 0.264 e. The molecule has 0 unspecified atom stereocenters. The van der Waals surface area contributed by atoms with E-state index in [2.05, 4.69) is 10.3 Å². The number of Topliss-reactive ketones (excluding diaryl/α,β-unsaturated/α-hetero) is 1. The number of benzene rings is 1. The van der Waals surface area contributed by atoms with E-state index in [1.165, 1.54) is 18.3 Å². The number of carbonyl (C=O) groups excluding carboxylic acids is 2. The fourth-order valence-electron chi connectivity index (χ4n) is 1.62. The van der Waals surface area contributed by atoms with Crippen LogP contribution < -0.4 is 10.1 Å². The van der Waals surface area contributed by atoms with Gasteiger partial charge in [0.25, 0.3) is 5.91 Å². The maximum absolute atomic E-state index is 11.8. The Kier molecular flexibility index (Phi) is 4.70. The van der Waals surface area contributed by atoms with Crippen molar-refractivity contribution in [1.82, 2.24) is 4.98 Å². The summed E-state index contributed by atoms with van der Waals surface area (Å²) >= 11 is 1.43. The number of aromatic nitrogens is 1. The van der Waals surface area contributed by atoms with E-state index < -0.39 is 0 Å². The van der Waals surface area contributed by atoms with Gasteiger partial charge in [-0.15, -0.1) is 11.3 Å². The van der Waals surface area contributed by atoms with E-state index in [1.807, 2.05) is 13.8 Å². The molecule has 0 aliphatic carbocycles. The number of amides is 1. The Labute approximate surface area is 127 Å². The van der Waals surface area contributed by atoms with Crippen molar-refractivity contribution in [2.24, 2.45) is 0 Å². The van der Waals surface area contributed by atoms with Crippen LogP contribution >= 0.6 is 11.3 Å². The summed E-state index contributed by atoms with van der Waals surface area (Å²) in [6, 6.07) is 6.68. The van der Waals surface area contributed by atoms with Crippen molar-refractivity contribution in [2.75, 3.05) is 11.9 Å². The van der Waals surface area contributed by atoms with Crippen LogP contribution in [0, 0.1) is 13.8 Å². The number of ketones is 1. The molecule has 0 fully saturated rings. The number of nitrogens with one attached hydrogen (secondary N) is 1. The standard InChI is InChI=1S/C15H16N2O3S/c1-9-11(3)21-15(16-9)17-14(19)8-20-13-6-4-12(5-7-13)10(2)18/h4-7H,8H2,1-3H3,(H,16,17,19). The van der Waals surface area contributed by atoms with Crippen molar-refractivity contribution in [2.45, 2.75) is 20.8 Å². The van der Waals surface area contributed by atoms with E-state index in [0.29, 0.717) is 16.4 Å². The van der Waals surface area contributed by atoms with Gasteiger partial charge in [-0.05, 0) is 45.0 Å². The number of aryl methyl sites for hydroxylation is 2. The van der Waals surface area contributed by atoms with Crippen LogP contribution in [0.5, 0.6) is 5.75 Å². The Morgan fingerprint density at radius 3 is 2.43 bits per heavy atom. The highest BCUT2D eigenvalue weighted by atomic mass is 32.1. The molecule has 1 amide bonds. The predicted octanol–water partition coefficient (Wildman–Crippen LogP) is 2.98. The number of hydrogen-bond acceptors (Lipinski definition) is 5. The minimum Gasteiger partial charge on any atom is -0.484 e. The second-order valence-corrected chi connectivity index (χ2v) is 5.78. The van der Waals surface area contributed by atoms with Gasteiger partial charge in [-0.3, -0.25) is 14.9 Å². The third kappa shape index (κ3) is 4.13. The Hall–Kier alpha value is -2.21. The fourth-order valence-corrected chi connectivity index (χ4v) is 2.45. The summed E-state index contributed by atoms with van der Waals surface area (Å²) in [4.78, 5) is 28.2. The lowest BCUT2D eigenvalue weighted by atomic mass is 10.1. The monoisotopic (exact) mass is 304 g/mol. The molecule has 0 aliphatic heterocycles. The van der Waals surface area contributed by atoms with Crippen molar-refractivity contribution < 1.29 is 14.3 Å². The number of thiazole rings is 1. The molecule has 0 spiro atoms. The fraction of sp³-hybridized carbons (Fsp3) is 0.267. The highest BCUT2D eigenvalue weighted by Gasteiger charge is 2.08. The summed E-state index contributed by atoms with van der Waals surface area (Å²) in [6.45, 7) is 5.25. The smallest absolute Gasteiger partial charge is 0.264 e. The first kappa shape index (κ1) is 15.2. The van der Waals surface area contributed by atoms with Crippen LogP contribution in [0.4, 0.5) is 5.13 Å². The molecule has 2 aromatic rings. The summed E-state index contributed by atoms with van der Waals surface area (Å²) < 4.78 is 5.37. The van der Waals surface area contributed by atoms with Crippen molar-refractivity contribution in [3.05, 3.63) is 40.4 Å². The van der Waals surface area contributed by atoms with Gasteiger partial charge in [0.15, 0.2) is 17.5 Å². The van der Waals surface area contributed by atoms with Crippen molar-refractivity contribution in [3.63, 3.8) is 0 Å². The largest absolute Gasteiger partial charge is 0.484 e. The van der Waals surface area contributed by atoms with Crippen LogP contribution in [0.1, 0.15) is 27.9 Å². The summed E-state index contributed by atoms with van der Waals surface area (Å²) in [5.41, 5.74) is 1.52. The molecule has 0 saturated carbocycles. The molecule has 0 aliphatic rings. The Balaban J connectivity index is 1.87. The van der Waals surface area contributed by atoms with Gasteiger partial charge in [0.2, 0.25) is 0 Å². The molecule has 21 heavy (non-hydrogen) atoms. The first-order valence-electron chi connectivity index (χ1n) is 6.43. The van der Waals surface area contributed by atoms with Crippen LogP contribution in [0.2, 0.25) is 0 Å². The Bertz CT molecular complexity index is 643. The first-order chi connectivity index (χ1) is 9.95. The molecule has 1 aromatic heterocycles. The van der Waals surface area contributed by atoms with Crippen LogP contribution in [-0.4, -0.2) is 23.3 Å². The lowest BCUT2D eigenvalue weighted by molar-refractivity contribution is -0.118. The van der Waals surface area contributed by atoms with Gasteiger partial charge in [0.1, 0.15) is 5.75 Å². The molecule has 1 N–H and O–H groups in total. The van der Waals surface area contributed by atoms with Crippen molar-refractivity contribution >= 4 is 28.2 Å². The third-order valence-electron chi connectivity index (χ3n) is 2.91. The molecule has 1 aromatic carbocycles. The number of hydrogen-bond donors (Lipinski definition) is 1. The molecule has 0 bridgehead atoms. The van der Waals surface area contributed by atoms with Gasteiger partial charge < -0.3 is 4.74 Å². The average Bonchev–Trinajstić information content (AvgIpc) is 2.75. The number of carbonyl (C=O) groups is 2. The van der Waals surface area contributed by atoms with Gasteiger partial charge in [0.05, 0.1) is 5.69 Å². The lowest BCUT2D eigenvalue weighted by Crippen LogP contribution is -2.20. The highest BCUT2D eigenvalue weighted by molar-refractivity contribution is 7.15. The molecule has 5 nitrogen and oxygen atoms in total. The van der Waals surface area contributed by atoms with Crippen molar-refractivity contribution in [3.8, 4) is 5.75 Å². The average molecular weight is 304 g/mol. The predicted molar refractivity (Wildman–Crippen MR) is 82.2 cm³/mol. The molecule has 110 valence electrons. The summed E-state index contributed by atoms with van der Waals surface area (Å²) in [6.07, 6.45) is 0. The quantitative estimate of drug-likeness (QED) is 0.862. The van der Waals surface area contributed by atoms with E-state index >= 15 is 0 Å². The first-order valence-corrected chi connectivity index (χ1v) is 7.25. The molecule has 1 heterocycles. The summed E-state index contributed by atoms with van der Waals surface area (Å²) in [7, 11) is 0. The lowest BCUT2D eigenvalue weighted by Gasteiger charge is -2.06. The van der Waals surface area contributed by atoms with Crippen LogP contribution in [-0.2, 0) is 4.79 Å². The molecular formula is C15H16N2O3S. The number of nitrogens with zero attached hydrogens (tertiary/aromatic N) is 1. The van der Waals surface area contributed by atoms with Crippen LogP contribution in [0.25, 0.3) is 0 Å². The Morgan fingerprint density at radius 2 is 1.90 bits per heavy atom. The van der Waals surface area contributed by atoms with E-state index in [4.69, 9.17) is 4.74 Å². The minimum atomic E-state index is -0.264. The van der Waals surface area contributed by atoms with E-state index in [1.54, 1.807) is 24.3 Å². The second kappa shape index (κ2) is 6.49. The maximum atomic E-state index is 11.8. The van der Waals surface area contributed by atoms with Gasteiger partial charge >= 0.3 is 0 Å². The molecule has 0 atom stereocenters. The summed E-state index contributed by atoms with van der Waals surface area (Å²) in [5, 5.41) is 3.27. The van der Waals surface area contributed by atoms with E-state index in [9.17, 15) is 9.59 Å². The number of rotatable bonds is 5. The van der Waals surface area contributed by atoms with E-state index in [-0.39, 0.29) is 18.3 Å². The zero-order valence-electron chi connectivity index (χ0n) is 12.1. The highest BCUT2D eigenvalue weighted by Crippen LogP contribution is 2.21. The SMILES string of the molecule is CC(=O)c1ccc(OCC(=O)Nc2nc(C)c(C)s2)cc1. The van der Waals surface area contributed by atoms with Gasteiger partial charge in [-0.25, -0.2) is 4.98 Å². The molecular weight excluding hydrogens is 288 g/mol. The minimum absolute atomic E-state index is 0.00574. The number of ether oxygens (including phenoxy) is 1. The van der Waals surface area contributed by atoms with E-state index in [0.717, 1.165) is 10.6 Å². The van der Waals surface area contributed by atoms with Gasteiger partial charge in [0, 0.05) is 10.4 Å². The topological polar surface area (TPSA) is 68.3 Å². The molecule has 0 radical (unpaired) electrons. The second-order valence-electron chi connectivity index (χ2n) is 4.58.